The number of H-pyrrole nitrogens is 1. The molecular weight excluding hydrogens is 355 g/mol. The summed E-state index contributed by atoms with van der Waals surface area (Å²) in [6.45, 7) is 2.60. The van der Waals surface area contributed by atoms with Crippen LogP contribution >= 0.6 is 12.4 Å². The van der Waals surface area contributed by atoms with Crippen LogP contribution in [0.25, 0.3) is 11.3 Å². The summed E-state index contributed by atoms with van der Waals surface area (Å²) in [6.07, 6.45) is 3.55. The van der Waals surface area contributed by atoms with Crippen molar-refractivity contribution in [1.82, 2.24) is 20.4 Å². The zero-order valence-electron chi connectivity index (χ0n) is 15.0. The second-order valence-electron chi connectivity index (χ2n) is 6.68. The molecule has 0 radical (unpaired) electrons. The van der Waals surface area contributed by atoms with Crippen molar-refractivity contribution < 1.29 is 9.18 Å². The second kappa shape index (κ2) is 9.69. The number of aromatic nitrogens is 2. The highest BCUT2D eigenvalue weighted by molar-refractivity contribution is 5.85. The highest BCUT2D eigenvalue weighted by Crippen LogP contribution is 2.19. The Morgan fingerprint density at radius 2 is 2.08 bits per heavy atom. The van der Waals surface area contributed by atoms with Crippen molar-refractivity contribution in [3.05, 3.63) is 41.8 Å². The molecular formula is C19H26ClFN4O. The molecule has 1 aromatic carbocycles. The van der Waals surface area contributed by atoms with E-state index in [1.54, 1.807) is 6.07 Å². The smallest absolute Gasteiger partial charge is 0.225 e. The van der Waals surface area contributed by atoms with E-state index in [2.05, 4.69) is 15.5 Å². The first-order valence-electron chi connectivity index (χ1n) is 8.89. The predicted octanol–water partition coefficient (Wildman–Crippen LogP) is 3.03. The van der Waals surface area contributed by atoms with Crippen LogP contribution in [0.15, 0.2) is 30.3 Å². The first-order valence-corrected chi connectivity index (χ1v) is 8.89. The van der Waals surface area contributed by atoms with Crippen molar-refractivity contribution >= 4 is 18.3 Å². The number of carbonyl (C=O) groups is 1. The van der Waals surface area contributed by atoms with Gasteiger partial charge in [0.25, 0.3) is 0 Å². The van der Waals surface area contributed by atoms with Gasteiger partial charge >= 0.3 is 0 Å². The molecule has 1 fully saturated rings. The summed E-state index contributed by atoms with van der Waals surface area (Å²) in [5, 5.41) is 10.5. The molecule has 7 heteroatoms. The molecule has 0 saturated carbocycles. The summed E-state index contributed by atoms with van der Waals surface area (Å²) in [7, 11) is 1.88. The van der Waals surface area contributed by atoms with E-state index in [4.69, 9.17) is 0 Å². The van der Waals surface area contributed by atoms with Gasteiger partial charge in [-0.2, -0.15) is 5.10 Å². The molecule has 1 saturated heterocycles. The number of rotatable bonds is 6. The number of nitrogens with one attached hydrogen (secondary N) is 2. The lowest BCUT2D eigenvalue weighted by Gasteiger charge is -2.26. The van der Waals surface area contributed by atoms with Crippen LogP contribution in [-0.2, 0) is 11.2 Å². The van der Waals surface area contributed by atoms with Gasteiger partial charge in [-0.1, -0.05) is 12.1 Å². The second-order valence-corrected chi connectivity index (χ2v) is 6.68. The van der Waals surface area contributed by atoms with E-state index in [0.29, 0.717) is 0 Å². The van der Waals surface area contributed by atoms with Gasteiger partial charge in [-0.3, -0.25) is 9.89 Å². The van der Waals surface area contributed by atoms with Gasteiger partial charge in [0.1, 0.15) is 5.82 Å². The topological polar surface area (TPSA) is 61.0 Å². The summed E-state index contributed by atoms with van der Waals surface area (Å²) in [6, 6.07) is 8.37. The van der Waals surface area contributed by atoms with Gasteiger partial charge in [-0.25, -0.2) is 4.39 Å². The predicted molar refractivity (Wildman–Crippen MR) is 103 cm³/mol. The quantitative estimate of drug-likeness (QED) is 0.809. The van der Waals surface area contributed by atoms with Crippen LogP contribution in [0.3, 0.4) is 0 Å². The molecule has 0 aliphatic carbocycles. The van der Waals surface area contributed by atoms with Crippen molar-refractivity contribution in [3.8, 4) is 11.3 Å². The van der Waals surface area contributed by atoms with Gasteiger partial charge in [0, 0.05) is 30.8 Å². The van der Waals surface area contributed by atoms with Gasteiger partial charge in [0.05, 0.1) is 5.69 Å². The molecule has 142 valence electrons. The Morgan fingerprint density at radius 3 is 2.81 bits per heavy atom. The molecule has 0 atom stereocenters. The maximum absolute atomic E-state index is 13.3. The Bertz CT molecular complexity index is 715. The number of piperidine rings is 1. The Morgan fingerprint density at radius 1 is 1.31 bits per heavy atom. The van der Waals surface area contributed by atoms with Crippen molar-refractivity contribution in [1.29, 1.82) is 0 Å². The number of aromatic amines is 1. The number of carbonyl (C=O) groups excluding carboxylic acids is 1. The zero-order valence-corrected chi connectivity index (χ0v) is 15.8. The first kappa shape index (κ1) is 20.4. The molecule has 1 amide bonds. The molecule has 3 rings (SSSR count). The number of halogens is 2. The molecule has 2 heterocycles. The average molecular weight is 381 g/mol. The third-order valence-corrected chi connectivity index (χ3v) is 4.76. The van der Waals surface area contributed by atoms with Crippen LogP contribution in [0.2, 0.25) is 0 Å². The summed E-state index contributed by atoms with van der Waals surface area (Å²) < 4.78 is 13.3. The minimum absolute atomic E-state index is 0. The first-order chi connectivity index (χ1) is 12.1. The van der Waals surface area contributed by atoms with Crippen LogP contribution in [0.5, 0.6) is 0 Å². The third kappa shape index (κ3) is 5.29. The fraction of sp³-hybridized carbons (Fsp3) is 0.474. The number of nitrogens with zero attached hydrogens (tertiary/aromatic N) is 2. The Balaban J connectivity index is 0.00000243. The van der Waals surface area contributed by atoms with E-state index in [0.717, 1.165) is 62.3 Å². The zero-order chi connectivity index (χ0) is 17.6. The molecule has 0 bridgehead atoms. The van der Waals surface area contributed by atoms with Crippen molar-refractivity contribution in [2.75, 3.05) is 26.7 Å². The minimum atomic E-state index is -0.264. The molecule has 0 spiro atoms. The average Bonchev–Trinajstić information content (AvgIpc) is 3.11. The van der Waals surface area contributed by atoms with Crippen LogP contribution in [0, 0.1) is 11.7 Å². The van der Waals surface area contributed by atoms with E-state index in [-0.39, 0.29) is 30.0 Å². The van der Waals surface area contributed by atoms with E-state index in [1.807, 2.05) is 24.1 Å². The van der Waals surface area contributed by atoms with E-state index in [9.17, 15) is 9.18 Å². The fourth-order valence-electron chi connectivity index (χ4n) is 3.28. The lowest BCUT2D eigenvalue weighted by Crippen LogP contribution is -2.39. The van der Waals surface area contributed by atoms with Gasteiger partial charge in [0.15, 0.2) is 0 Å². The number of hydrogen-bond donors (Lipinski definition) is 2. The highest BCUT2D eigenvalue weighted by Gasteiger charge is 2.23. The van der Waals surface area contributed by atoms with Crippen molar-refractivity contribution in [2.45, 2.75) is 25.7 Å². The maximum Gasteiger partial charge on any atom is 0.225 e. The maximum atomic E-state index is 13.3. The van der Waals surface area contributed by atoms with Crippen LogP contribution < -0.4 is 5.32 Å². The van der Waals surface area contributed by atoms with Gasteiger partial charge in [-0.15, -0.1) is 12.4 Å². The largest absolute Gasteiger partial charge is 0.346 e. The molecule has 1 aromatic heterocycles. The van der Waals surface area contributed by atoms with Crippen LogP contribution in [0.1, 0.15) is 25.0 Å². The normalized spacial score (nSPS) is 14.7. The Labute approximate surface area is 159 Å². The molecule has 26 heavy (non-hydrogen) atoms. The Kier molecular flexibility index (Phi) is 7.60. The molecule has 1 aliphatic heterocycles. The molecule has 2 aromatic rings. The molecule has 2 N–H and O–H groups in total. The number of aryl methyl sites for hydroxylation is 1. The van der Waals surface area contributed by atoms with Gasteiger partial charge < -0.3 is 10.2 Å². The lowest BCUT2D eigenvalue weighted by molar-refractivity contribution is -0.135. The summed E-state index contributed by atoms with van der Waals surface area (Å²) in [5.74, 6) is 0.157. The van der Waals surface area contributed by atoms with Crippen molar-refractivity contribution in [3.63, 3.8) is 0 Å². The molecule has 5 nitrogen and oxygen atoms in total. The monoisotopic (exact) mass is 380 g/mol. The summed E-state index contributed by atoms with van der Waals surface area (Å²) in [5.41, 5.74) is 2.51. The van der Waals surface area contributed by atoms with Crippen molar-refractivity contribution in [2.24, 2.45) is 5.92 Å². The van der Waals surface area contributed by atoms with Gasteiger partial charge in [-0.05, 0) is 57.0 Å². The number of benzene rings is 1. The fourth-order valence-corrected chi connectivity index (χ4v) is 3.28. The van der Waals surface area contributed by atoms with E-state index < -0.39 is 0 Å². The summed E-state index contributed by atoms with van der Waals surface area (Å²) in [4.78, 5) is 14.3. The highest BCUT2D eigenvalue weighted by atomic mass is 35.5. The third-order valence-electron chi connectivity index (χ3n) is 4.76. The van der Waals surface area contributed by atoms with E-state index >= 15 is 0 Å². The number of amides is 1. The van der Waals surface area contributed by atoms with E-state index in [1.165, 1.54) is 12.1 Å². The van der Waals surface area contributed by atoms with Gasteiger partial charge in [0.2, 0.25) is 5.91 Å². The molecule has 0 unspecified atom stereocenters. The Hall–Kier alpha value is -1.92. The standard InChI is InChI=1S/C19H25FN4O.ClH/c1-24(19(25)14-7-9-21-10-8-14)11-3-6-17-13-18(23-22-17)15-4-2-5-16(20)12-15;/h2,4-5,12-14,21H,3,6-11H2,1H3,(H,22,23);1H. The minimum Gasteiger partial charge on any atom is -0.346 e. The SMILES string of the molecule is CN(CCCc1cc(-c2cccc(F)c2)n[nH]1)C(=O)C1CCNCC1.Cl. The lowest BCUT2D eigenvalue weighted by atomic mass is 9.96. The van der Waals surface area contributed by atoms with Crippen LogP contribution in [-0.4, -0.2) is 47.7 Å². The number of hydrogen-bond acceptors (Lipinski definition) is 3. The van der Waals surface area contributed by atoms with Crippen LogP contribution in [0.4, 0.5) is 4.39 Å². The summed E-state index contributed by atoms with van der Waals surface area (Å²) >= 11 is 0. The molecule has 1 aliphatic rings.